The van der Waals surface area contributed by atoms with Gasteiger partial charge in [0.1, 0.15) is 0 Å². The van der Waals surface area contributed by atoms with Crippen LogP contribution in [0.1, 0.15) is 37.8 Å². The molecule has 0 radical (unpaired) electrons. The van der Waals surface area contributed by atoms with Gasteiger partial charge in [-0.15, -0.1) is 11.8 Å². The Hall–Kier alpha value is -2.14. The molecule has 0 aliphatic carbocycles. The zero-order valence-corrected chi connectivity index (χ0v) is 16.3. The van der Waals surface area contributed by atoms with E-state index in [1.54, 1.807) is 0 Å². The molecular weight excluding hydrogens is 346 g/mol. The minimum absolute atomic E-state index is 0.0214. The number of amides is 1. The molecule has 3 rings (SSSR count). The molecule has 4 nitrogen and oxygen atoms in total. The van der Waals surface area contributed by atoms with Crippen molar-refractivity contribution in [2.45, 2.75) is 50.2 Å². The average molecular weight is 372 g/mol. The van der Waals surface area contributed by atoms with Crippen LogP contribution in [0.25, 0.3) is 0 Å². The van der Waals surface area contributed by atoms with E-state index in [4.69, 9.17) is 9.47 Å². The molecule has 26 heavy (non-hydrogen) atoms. The molecule has 1 unspecified atom stereocenters. The number of benzene rings is 2. The largest absolute Gasteiger partial charge is 0.454 e. The maximum atomic E-state index is 12.3. The third kappa shape index (κ3) is 4.73. The third-order valence-corrected chi connectivity index (χ3v) is 5.72. The third-order valence-electron chi connectivity index (χ3n) is 4.46. The van der Waals surface area contributed by atoms with Gasteiger partial charge in [0.15, 0.2) is 11.5 Å². The Labute approximate surface area is 159 Å². The minimum atomic E-state index is 0.0214. The van der Waals surface area contributed by atoms with Gasteiger partial charge in [0.25, 0.3) is 0 Å². The van der Waals surface area contributed by atoms with E-state index in [1.807, 2.05) is 43.0 Å². The Morgan fingerprint density at radius 2 is 2.00 bits per heavy atom. The minimum Gasteiger partial charge on any atom is -0.454 e. The number of hydrogen-bond donors (Lipinski definition) is 1. The molecule has 1 amide bonds. The van der Waals surface area contributed by atoms with E-state index in [0.717, 1.165) is 34.7 Å². The number of carbonyl (C=O) groups excluding carboxylic acids is 1. The van der Waals surface area contributed by atoms with Crippen molar-refractivity contribution in [3.8, 4) is 11.5 Å². The number of anilines is 1. The van der Waals surface area contributed by atoms with Gasteiger partial charge in [0.2, 0.25) is 12.7 Å². The summed E-state index contributed by atoms with van der Waals surface area (Å²) in [4.78, 5) is 13.6. The van der Waals surface area contributed by atoms with Gasteiger partial charge < -0.3 is 14.8 Å². The Balaban J connectivity index is 1.54. The fourth-order valence-corrected chi connectivity index (χ4v) is 3.76. The molecule has 1 aliphatic heterocycles. The Morgan fingerprint density at radius 3 is 2.77 bits per heavy atom. The quantitative estimate of drug-likeness (QED) is 0.681. The lowest BCUT2D eigenvalue weighted by Gasteiger charge is -2.12. The van der Waals surface area contributed by atoms with Gasteiger partial charge in [0, 0.05) is 22.3 Å². The number of ether oxygens (including phenoxy) is 2. The van der Waals surface area contributed by atoms with Crippen LogP contribution in [-0.4, -0.2) is 18.0 Å². The van der Waals surface area contributed by atoms with Gasteiger partial charge in [-0.2, -0.15) is 0 Å². The van der Waals surface area contributed by atoms with Crippen LogP contribution in [0.4, 0.5) is 5.69 Å². The number of hydrogen-bond acceptors (Lipinski definition) is 4. The van der Waals surface area contributed by atoms with E-state index in [1.165, 1.54) is 4.90 Å². The molecule has 138 valence electrons. The molecule has 1 N–H and O–H groups in total. The molecule has 1 heterocycles. The summed E-state index contributed by atoms with van der Waals surface area (Å²) in [7, 11) is 0. The Kier molecular flexibility index (Phi) is 6.09. The summed E-state index contributed by atoms with van der Waals surface area (Å²) in [5, 5.41) is 3.62. The van der Waals surface area contributed by atoms with Crippen LogP contribution in [0.15, 0.2) is 41.3 Å². The zero-order valence-electron chi connectivity index (χ0n) is 15.5. The molecule has 1 atom stereocenters. The second kappa shape index (κ2) is 8.49. The molecule has 0 spiro atoms. The average Bonchev–Trinajstić information content (AvgIpc) is 3.10. The van der Waals surface area contributed by atoms with Crippen molar-refractivity contribution in [1.29, 1.82) is 0 Å². The predicted molar refractivity (Wildman–Crippen MR) is 106 cm³/mol. The van der Waals surface area contributed by atoms with Gasteiger partial charge in [-0.25, -0.2) is 0 Å². The van der Waals surface area contributed by atoms with Crippen LogP contribution in [0.5, 0.6) is 11.5 Å². The first kappa shape index (κ1) is 18.6. The maximum absolute atomic E-state index is 12.3. The SMILES string of the molecule is CCC(C)Sc1ccc(NC(=O)CCc2ccc3c(c2)OCO3)c(C)c1. The first-order chi connectivity index (χ1) is 12.5. The van der Waals surface area contributed by atoms with Crippen LogP contribution in [0, 0.1) is 6.92 Å². The van der Waals surface area contributed by atoms with Gasteiger partial charge in [-0.3, -0.25) is 4.79 Å². The van der Waals surface area contributed by atoms with E-state index in [-0.39, 0.29) is 12.7 Å². The number of nitrogens with one attached hydrogen (secondary N) is 1. The van der Waals surface area contributed by atoms with Crippen molar-refractivity contribution < 1.29 is 14.3 Å². The second-order valence-corrected chi connectivity index (χ2v) is 8.06. The highest BCUT2D eigenvalue weighted by molar-refractivity contribution is 7.99. The predicted octanol–water partition coefficient (Wildman–Crippen LogP) is 5.19. The van der Waals surface area contributed by atoms with E-state index in [0.29, 0.717) is 18.1 Å². The van der Waals surface area contributed by atoms with E-state index < -0.39 is 0 Å². The first-order valence-electron chi connectivity index (χ1n) is 9.01. The molecule has 2 aromatic carbocycles. The van der Waals surface area contributed by atoms with Crippen LogP contribution in [-0.2, 0) is 11.2 Å². The van der Waals surface area contributed by atoms with Gasteiger partial charge in [-0.05, 0) is 61.2 Å². The standard InChI is InChI=1S/C21H25NO3S/c1-4-15(3)26-17-7-8-18(14(2)11-17)22-21(23)10-6-16-5-9-19-20(12-16)25-13-24-19/h5,7-9,11-12,15H,4,6,10,13H2,1-3H3,(H,22,23). The molecule has 0 saturated heterocycles. The zero-order chi connectivity index (χ0) is 18.5. The lowest BCUT2D eigenvalue weighted by Crippen LogP contribution is -2.13. The highest BCUT2D eigenvalue weighted by atomic mass is 32.2. The second-order valence-electron chi connectivity index (χ2n) is 6.55. The monoisotopic (exact) mass is 371 g/mol. The number of carbonyl (C=O) groups is 1. The Bertz CT molecular complexity index is 791. The number of aryl methyl sites for hydroxylation is 2. The highest BCUT2D eigenvalue weighted by Crippen LogP contribution is 2.33. The summed E-state index contributed by atoms with van der Waals surface area (Å²) in [6.45, 7) is 6.73. The van der Waals surface area contributed by atoms with Crippen LogP contribution in [0.3, 0.4) is 0 Å². The summed E-state index contributed by atoms with van der Waals surface area (Å²) in [6.07, 6.45) is 2.24. The number of fused-ring (bicyclic) bond motifs is 1. The fourth-order valence-electron chi connectivity index (χ4n) is 2.73. The first-order valence-corrected chi connectivity index (χ1v) is 9.89. The number of rotatable bonds is 7. The summed E-state index contributed by atoms with van der Waals surface area (Å²) >= 11 is 1.87. The smallest absolute Gasteiger partial charge is 0.231 e. The lowest BCUT2D eigenvalue weighted by atomic mass is 10.1. The Morgan fingerprint density at radius 1 is 1.19 bits per heavy atom. The molecule has 0 fully saturated rings. The van der Waals surface area contributed by atoms with Crippen molar-refractivity contribution in [2.24, 2.45) is 0 Å². The molecule has 1 aliphatic rings. The van der Waals surface area contributed by atoms with Crippen molar-refractivity contribution in [3.05, 3.63) is 47.5 Å². The van der Waals surface area contributed by atoms with E-state index in [2.05, 4.69) is 31.3 Å². The van der Waals surface area contributed by atoms with Crippen molar-refractivity contribution in [3.63, 3.8) is 0 Å². The van der Waals surface area contributed by atoms with Crippen LogP contribution < -0.4 is 14.8 Å². The lowest BCUT2D eigenvalue weighted by molar-refractivity contribution is -0.116. The topological polar surface area (TPSA) is 47.6 Å². The molecular formula is C21H25NO3S. The summed E-state index contributed by atoms with van der Waals surface area (Å²) < 4.78 is 10.7. The summed E-state index contributed by atoms with van der Waals surface area (Å²) in [5.41, 5.74) is 3.05. The van der Waals surface area contributed by atoms with Gasteiger partial charge in [0.05, 0.1) is 0 Å². The highest BCUT2D eigenvalue weighted by Gasteiger charge is 2.14. The van der Waals surface area contributed by atoms with Crippen molar-refractivity contribution in [1.82, 2.24) is 0 Å². The number of thioether (sulfide) groups is 1. The fraction of sp³-hybridized carbons (Fsp3) is 0.381. The van der Waals surface area contributed by atoms with Gasteiger partial charge >= 0.3 is 0 Å². The van der Waals surface area contributed by atoms with E-state index in [9.17, 15) is 4.79 Å². The van der Waals surface area contributed by atoms with Crippen molar-refractivity contribution in [2.75, 3.05) is 12.1 Å². The molecule has 0 bridgehead atoms. The van der Waals surface area contributed by atoms with E-state index >= 15 is 0 Å². The van der Waals surface area contributed by atoms with Gasteiger partial charge in [-0.1, -0.05) is 19.9 Å². The summed E-state index contributed by atoms with van der Waals surface area (Å²) in [5.74, 6) is 1.55. The van der Waals surface area contributed by atoms with Crippen LogP contribution >= 0.6 is 11.8 Å². The molecule has 0 aromatic heterocycles. The van der Waals surface area contributed by atoms with Crippen molar-refractivity contribution >= 4 is 23.4 Å². The summed E-state index contributed by atoms with van der Waals surface area (Å²) in [6, 6.07) is 12.0. The molecule has 5 heteroatoms. The molecule has 0 saturated carbocycles. The van der Waals surface area contributed by atoms with Crippen LogP contribution in [0.2, 0.25) is 0 Å². The normalized spacial score (nSPS) is 13.5. The maximum Gasteiger partial charge on any atom is 0.231 e. The molecule has 2 aromatic rings.